The molecule has 0 aliphatic carbocycles. The number of pyridine rings is 1. The summed E-state index contributed by atoms with van der Waals surface area (Å²) >= 11 is 0. The van der Waals surface area contributed by atoms with Crippen molar-refractivity contribution in [2.24, 2.45) is 0 Å². The van der Waals surface area contributed by atoms with E-state index in [1.54, 1.807) is 6.20 Å². The zero-order valence-corrected chi connectivity index (χ0v) is 11.4. The number of rotatable bonds is 4. The SMILES string of the molecule is Cc1ccncc1CNc1cc(=O)[nH]c(C(C)C)n1. The van der Waals surface area contributed by atoms with Crippen LogP contribution in [0.3, 0.4) is 0 Å². The Labute approximate surface area is 112 Å². The fourth-order valence-corrected chi connectivity index (χ4v) is 1.71. The Bertz CT molecular complexity index is 619. The lowest BCUT2D eigenvalue weighted by Gasteiger charge is -2.10. The van der Waals surface area contributed by atoms with E-state index >= 15 is 0 Å². The lowest BCUT2D eigenvalue weighted by atomic mass is 10.1. The first-order valence-corrected chi connectivity index (χ1v) is 6.31. The lowest BCUT2D eigenvalue weighted by molar-refractivity contribution is 0.766. The molecular weight excluding hydrogens is 240 g/mol. The molecule has 0 bridgehead atoms. The van der Waals surface area contributed by atoms with E-state index in [0.717, 1.165) is 11.1 Å². The molecule has 0 unspecified atom stereocenters. The van der Waals surface area contributed by atoms with Crippen LogP contribution in [0.2, 0.25) is 0 Å². The van der Waals surface area contributed by atoms with Gasteiger partial charge in [0.05, 0.1) is 0 Å². The Morgan fingerprint density at radius 1 is 1.42 bits per heavy atom. The first-order valence-electron chi connectivity index (χ1n) is 6.31. The van der Waals surface area contributed by atoms with Gasteiger partial charge in [0.15, 0.2) is 0 Å². The largest absolute Gasteiger partial charge is 0.366 e. The molecule has 2 aromatic rings. The molecule has 19 heavy (non-hydrogen) atoms. The molecule has 0 spiro atoms. The minimum atomic E-state index is -0.135. The monoisotopic (exact) mass is 258 g/mol. The molecule has 5 nitrogen and oxygen atoms in total. The molecule has 0 radical (unpaired) electrons. The van der Waals surface area contributed by atoms with Gasteiger partial charge in [-0.1, -0.05) is 13.8 Å². The minimum Gasteiger partial charge on any atom is -0.366 e. The van der Waals surface area contributed by atoms with Gasteiger partial charge in [-0.3, -0.25) is 9.78 Å². The third-order valence-corrected chi connectivity index (χ3v) is 2.91. The predicted octanol–water partition coefficient (Wildman–Crippen LogP) is 2.21. The van der Waals surface area contributed by atoms with Crippen LogP contribution in [0.25, 0.3) is 0 Å². The van der Waals surface area contributed by atoms with Crippen LogP contribution in [-0.2, 0) is 6.54 Å². The van der Waals surface area contributed by atoms with Crippen LogP contribution in [0.15, 0.2) is 29.3 Å². The molecule has 0 saturated carbocycles. The number of aromatic nitrogens is 3. The summed E-state index contributed by atoms with van der Waals surface area (Å²) in [5.41, 5.74) is 2.12. The van der Waals surface area contributed by atoms with E-state index in [4.69, 9.17) is 0 Å². The van der Waals surface area contributed by atoms with Gasteiger partial charge in [0.25, 0.3) is 5.56 Å². The molecule has 0 atom stereocenters. The van der Waals surface area contributed by atoms with Gasteiger partial charge in [-0.2, -0.15) is 0 Å². The summed E-state index contributed by atoms with van der Waals surface area (Å²) in [5, 5.41) is 3.17. The maximum absolute atomic E-state index is 11.5. The van der Waals surface area contributed by atoms with Gasteiger partial charge in [0.2, 0.25) is 0 Å². The first kappa shape index (κ1) is 13.3. The fraction of sp³-hybridized carbons (Fsp3) is 0.357. The highest BCUT2D eigenvalue weighted by atomic mass is 16.1. The molecule has 2 aromatic heterocycles. The summed E-state index contributed by atoms with van der Waals surface area (Å²) in [6.45, 7) is 6.62. The van der Waals surface area contributed by atoms with Gasteiger partial charge >= 0.3 is 0 Å². The van der Waals surface area contributed by atoms with Crippen LogP contribution < -0.4 is 10.9 Å². The maximum atomic E-state index is 11.5. The standard InChI is InChI=1S/C14H18N4O/c1-9(2)14-17-12(6-13(19)18-14)16-8-11-7-15-5-4-10(11)3/h4-7,9H,8H2,1-3H3,(H2,16,17,18,19). The number of nitrogens with zero attached hydrogens (tertiary/aromatic N) is 2. The molecule has 0 amide bonds. The summed E-state index contributed by atoms with van der Waals surface area (Å²) in [6.07, 6.45) is 3.58. The molecule has 2 N–H and O–H groups in total. The number of nitrogens with one attached hydrogen (secondary N) is 2. The van der Waals surface area contributed by atoms with E-state index in [1.165, 1.54) is 6.07 Å². The number of aryl methyl sites for hydroxylation is 1. The van der Waals surface area contributed by atoms with Gasteiger partial charge < -0.3 is 10.3 Å². The van der Waals surface area contributed by atoms with Crippen LogP contribution in [-0.4, -0.2) is 15.0 Å². The number of aromatic amines is 1. The Morgan fingerprint density at radius 3 is 2.89 bits per heavy atom. The average Bonchev–Trinajstić information content (AvgIpc) is 2.37. The van der Waals surface area contributed by atoms with Crippen LogP contribution in [0.1, 0.15) is 36.7 Å². The second-order valence-electron chi connectivity index (χ2n) is 4.83. The molecule has 100 valence electrons. The Morgan fingerprint density at radius 2 is 2.21 bits per heavy atom. The van der Waals surface area contributed by atoms with Crippen LogP contribution >= 0.6 is 0 Å². The molecule has 2 rings (SSSR count). The quantitative estimate of drug-likeness (QED) is 0.882. The number of hydrogen-bond donors (Lipinski definition) is 2. The normalized spacial score (nSPS) is 10.7. The van der Waals surface area contributed by atoms with Crippen molar-refractivity contribution in [2.75, 3.05) is 5.32 Å². The summed E-state index contributed by atoms with van der Waals surface area (Å²) in [5.74, 6) is 1.48. The van der Waals surface area contributed by atoms with Gasteiger partial charge in [0.1, 0.15) is 11.6 Å². The second-order valence-corrected chi connectivity index (χ2v) is 4.83. The van der Waals surface area contributed by atoms with Crippen molar-refractivity contribution in [1.82, 2.24) is 15.0 Å². The van der Waals surface area contributed by atoms with Crippen LogP contribution in [0, 0.1) is 6.92 Å². The molecule has 0 aliphatic heterocycles. The van der Waals surface area contributed by atoms with Gasteiger partial charge in [-0.05, 0) is 24.1 Å². The van der Waals surface area contributed by atoms with E-state index in [1.807, 2.05) is 33.0 Å². The van der Waals surface area contributed by atoms with E-state index in [9.17, 15) is 4.79 Å². The van der Waals surface area contributed by atoms with Gasteiger partial charge in [-0.25, -0.2) is 4.98 Å². The van der Waals surface area contributed by atoms with E-state index in [0.29, 0.717) is 18.2 Å². The van der Waals surface area contributed by atoms with Crippen molar-refractivity contribution in [1.29, 1.82) is 0 Å². The van der Waals surface area contributed by atoms with Crippen molar-refractivity contribution < 1.29 is 0 Å². The van der Waals surface area contributed by atoms with Crippen LogP contribution in [0.4, 0.5) is 5.82 Å². The molecule has 0 saturated heterocycles. The summed E-state index contributed by atoms with van der Waals surface area (Å²) in [4.78, 5) is 22.8. The highest BCUT2D eigenvalue weighted by Gasteiger charge is 2.05. The topological polar surface area (TPSA) is 70.7 Å². The summed E-state index contributed by atoms with van der Waals surface area (Å²) in [6, 6.07) is 3.43. The maximum Gasteiger partial charge on any atom is 0.252 e. The third kappa shape index (κ3) is 3.40. The van der Waals surface area contributed by atoms with E-state index < -0.39 is 0 Å². The van der Waals surface area contributed by atoms with E-state index in [2.05, 4.69) is 20.3 Å². The molecule has 0 aliphatic rings. The molecule has 0 fully saturated rings. The minimum absolute atomic E-state index is 0.135. The van der Waals surface area contributed by atoms with Crippen LogP contribution in [0.5, 0.6) is 0 Å². The highest BCUT2D eigenvalue weighted by Crippen LogP contribution is 2.11. The average molecular weight is 258 g/mol. The number of anilines is 1. The molecular formula is C14H18N4O. The second kappa shape index (κ2) is 5.65. The Hall–Kier alpha value is -2.17. The lowest BCUT2D eigenvalue weighted by Crippen LogP contribution is -2.14. The Kier molecular flexibility index (Phi) is 3.94. The zero-order chi connectivity index (χ0) is 13.8. The van der Waals surface area contributed by atoms with Crippen molar-refractivity contribution in [3.63, 3.8) is 0 Å². The van der Waals surface area contributed by atoms with Crippen molar-refractivity contribution >= 4 is 5.82 Å². The highest BCUT2D eigenvalue weighted by molar-refractivity contribution is 5.35. The third-order valence-electron chi connectivity index (χ3n) is 2.91. The molecule has 2 heterocycles. The summed E-state index contributed by atoms with van der Waals surface area (Å²) in [7, 11) is 0. The molecule has 0 aromatic carbocycles. The molecule has 5 heteroatoms. The summed E-state index contributed by atoms with van der Waals surface area (Å²) < 4.78 is 0. The Balaban J connectivity index is 2.16. The van der Waals surface area contributed by atoms with Crippen molar-refractivity contribution in [3.05, 3.63) is 51.8 Å². The van der Waals surface area contributed by atoms with E-state index in [-0.39, 0.29) is 11.5 Å². The van der Waals surface area contributed by atoms with Gasteiger partial charge in [-0.15, -0.1) is 0 Å². The predicted molar refractivity (Wildman–Crippen MR) is 75.2 cm³/mol. The van der Waals surface area contributed by atoms with Gasteiger partial charge in [0, 0.05) is 30.9 Å². The zero-order valence-electron chi connectivity index (χ0n) is 11.4. The number of H-pyrrole nitrogens is 1. The first-order chi connectivity index (χ1) is 9.06. The van der Waals surface area contributed by atoms with Crippen molar-refractivity contribution in [3.8, 4) is 0 Å². The number of hydrogen-bond acceptors (Lipinski definition) is 4. The smallest absolute Gasteiger partial charge is 0.252 e. The van der Waals surface area contributed by atoms with Crippen molar-refractivity contribution in [2.45, 2.75) is 33.2 Å². The fourth-order valence-electron chi connectivity index (χ4n) is 1.71.